The Hall–Kier alpha value is -2.59. The number of methoxy groups -OCH3 is 1. The van der Waals surface area contributed by atoms with E-state index < -0.39 is 0 Å². The van der Waals surface area contributed by atoms with E-state index in [1.807, 2.05) is 30.3 Å². The monoisotopic (exact) mass is 320 g/mol. The Labute approximate surface area is 138 Å². The van der Waals surface area contributed by atoms with Crippen molar-refractivity contribution in [3.05, 3.63) is 66.5 Å². The highest BCUT2D eigenvalue weighted by atomic mass is 32.1. The van der Waals surface area contributed by atoms with Crippen LogP contribution in [-0.4, -0.2) is 16.5 Å². The van der Waals surface area contributed by atoms with Crippen LogP contribution in [0, 0.1) is 6.92 Å². The third kappa shape index (κ3) is 2.41. The maximum absolute atomic E-state index is 5.23. The fourth-order valence-electron chi connectivity index (χ4n) is 2.71. The Balaban J connectivity index is 1.78. The molecule has 0 radical (unpaired) electrons. The Morgan fingerprint density at radius 3 is 2.35 bits per heavy atom. The van der Waals surface area contributed by atoms with E-state index in [4.69, 9.17) is 9.72 Å². The number of imidazole rings is 1. The van der Waals surface area contributed by atoms with Crippen LogP contribution in [0.15, 0.2) is 60.8 Å². The zero-order chi connectivity index (χ0) is 15.8. The smallest absolute Gasteiger partial charge is 0.195 e. The Morgan fingerprint density at radius 1 is 0.957 bits per heavy atom. The number of rotatable bonds is 3. The van der Waals surface area contributed by atoms with Gasteiger partial charge in [-0.3, -0.25) is 4.40 Å². The molecule has 2 aromatic heterocycles. The molecule has 0 spiro atoms. The van der Waals surface area contributed by atoms with Gasteiger partial charge in [0, 0.05) is 17.5 Å². The summed E-state index contributed by atoms with van der Waals surface area (Å²) in [5, 5.41) is 0. The van der Waals surface area contributed by atoms with Gasteiger partial charge >= 0.3 is 0 Å². The van der Waals surface area contributed by atoms with Crippen LogP contribution in [0.3, 0.4) is 0 Å². The minimum absolute atomic E-state index is 0.874. The van der Waals surface area contributed by atoms with Crippen molar-refractivity contribution in [2.75, 3.05) is 7.11 Å². The third-order valence-corrected chi connectivity index (χ3v) is 5.18. The van der Waals surface area contributed by atoms with Gasteiger partial charge in [-0.05, 0) is 36.8 Å². The number of aromatic nitrogens is 2. The Bertz CT molecular complexity index is 952. The molecule has 0 fully saturated rings. The molecule has 0 unspecified atom stereocenters. The predicted octanol–water partition coefficient (Wildman–Crippen LogP) is 5.05. The third-order valence-electron chi connectivity index (χ3n) is 3.98. The van der Waals surface area contributed by atoms with Crippen LogP contribution in [0.25, 0.3) is 26.7 Å². The van der Waals surface area contributed by atoms with Crippen LogP contribution in [0.4, 0.5) is 0 Å². The highest BCUT2D eigenvalue weighted by molar-refractivity contribution is 7.20. The molecular formula is C19H16N2OS. The topological polar surface area (TPSA) is 26.5 Å². The number of aryl methyl sites for hydroxylation is 1. The summed E-state index contributed by atoms with van der Waals surface area (Å²) >= 11 is 1.72. The Kier molecular flexibility index (Phi) is 3.39. The first-order chi connectivity index (χ1) is 11.3. The number of hydrogen-bond acceptors (Lipinski definition) is 3. The van der Waals surface area contributed by atoms with Crippen molar-refractivity contribution >= 4 is 16.3 Å². The number of fused-ring (bicyclic) bond motifs is 1. The van der Waals surface area contributed by atoms with Gasteiger partial charge in [0.2, 0.25) is 0 Å². The number of nitrogens with zero attached hydrogens (tertiary/aromatic N) is 2. The number of thiazole rings is 1. The van der Waals surface area contributed by atoms with E-state index in [-0.39, 0.29) is 0 Å². The van der Waals surface area contributed by atoms with Gasteiger partial charge in [-0.15, -0.1) is 0 Å². The molecule has 3 nitrogen and oxygen atoms in total. The highest BCUT2D eigenvalue weighted by Crippen LogP contribution is 2.34. The summed E-state index contributed by atoms with van der Waals surface area (Å²) in [6, 6.07) is 18.5. The predicted molar refractivity (Wildman–Crippen MR) is 95.2 cm³/mol. The first-order valence-electron chi connectivity index (χ1n) is 7.44. The average Bonchev–Trinajstić information content (AvgIpc) is 3.16. The number of ether oxygens (including phenoxy) is 1. The number of hydrogen-bond donors (Lipinski definition) is 0. The van der Waals surface area contributed by atoms with Crippen LogP contribution < -0.4 is 4.74 Å². The summed E-state index contributed by atoms with van der Waals surface area (Å²) in [4.78, 5) is 7.05. The molecule has 0 saturated carbocycles. The second kappa shape index (κ2) is 5.56. The van der Waals surface area contributed by atoms with Gasteiger partial charge in [0.25, 0.3) is 0 Å². The lowest BCUT2D eigenvalue weighted by Crippen LogP contribution is -1.85. The molecule has 0 amide bonds. The van der Waals surface area contributed by atoms with Gasteiger partial charge in [-0.25, -0.2) is 4.98 Å². The fraction of sp³-hybridized carbons (Fsp3) is 0.105. The number of benzene rings is 2. The molecule has 4 rings (SSSR count). The normalized spacial score (nSPS) is 11.0. The van der Waals surface area contributed by atoms with Crippen molar-refractivity contribution in [2.24, 2.45) is 0 Å². The average molecular weight is 320 g/mol. The maximum Gasteiger partial charge on any atom is 0.195 e. The molecule has 0 aliphatic carbocycles. The van der Waals surface area contributed by atoms with E-state index in [1.54, 1.807) is 18.4 Å². The van der Waals surface area contributed by atoms with Gasteiger partial charge < -0.3 is 4.74 Å². The summed E-state index contributed by atoms with van der Waals surface area (Å²) in [5.41, 5.74) is 4.57. The fourth-order valence-corrected chi connectivity index (χ4v) is 3.82. The molecule has 2 aromatic carbocycles. The van der Waals surface area contributed by atoms with Crippen molar-refractivity contribution in [3.63, 3.8) is 0 Å². The molecule has 23 heavy (non-hydrogen) atoms. The SMILES string of the molecule is COc1ccc(-c2sc3nc(-c4ccccc4)cn3c2C)cc1. The lowest BCUT2D eigenvalue weighted by Gasteiger charge is -2.02. The lowest BCUT2D eigenvalue weighted by molar-refractivity contribution is 0.415. The minimum atomic E-state index is 0.874. The van der Waals surface area contributed by atoms with E-state index in [0.717, 1.165) is 22.0 Å². The van der Waals surface area contributed by atoms with Crippen LogP contribution in [0.5, 0.6) is 5.75 Å². The van der Waals surface area contributed by atoms with Crippen molar-refractivity contribution in [1.82, 2.24) is 9.38 Å². The molecule has 114 valence electrons. The van der Waals surface area contributed by atoms with Crippen molar-refractivity contribution in [3.8, 4) is 27.4 Å². The molecule has 2 heterocycles. The summed E-state index contributed by atoms with van der Waals surface area (Å²) in [7, 11) is 1.69. The molecule has 4 aromatic rings. The molecule has 0 aliphatic heterocycles. The summed E-state index contributed by atoms with van der Waals surface area (Å²) in [6.07, 6.45) is 2.11. The zero-order valence-corrected chi connectivity index (χ0v) is 13.8. The molecule has 0 saturated heterocycles. The lowest BCUT2D eigenvalue weighted by atomic mass is 10.1. The van der Waals surface area contributed by atoms with Crippen molar-refractivity contribution in [2.45, 2.75) is 6.92 Å². The first kappa shape index (κ1) is 14.0. The van der Waals surface area contributed by atoms with E-state index in [1.165, 1.54) is 16.1 Å². The van der Waals surface area contributed by atoms with Crippen LogP contribution in [-0.2, 0) is 0 Å². The molecular weight excluding hydrogens is 304 g/mol. The summed E-state index contributed by atoms with van der Waals surface area (Å²) in [6.45, 7) is 2.14. The van der Waals surface area contributed by atoms with Gasteiger partial charge in [-0.1, -0.05) is 41.7 Å². The van der Waals surface area contributed by atoms with Crippen LogP contribution >= 0.6 is 11.3 Å². The molecule has 0 N–H and O–H groups in total. The van der Waals surface area contributed by atoms with E-state index >= 15 is 0 Å². The first-order valence-corrected chi connectivity index (χ1v) is 8.26. The van der Waals surface area contributed by atoms with Gasteiger partial charge in [0.15, 0.2) is 4.96 Å². The van der Waals surface area contributed by atoms with Gasteiger partial charge in [0.05, 0.1) is 17.7 Å². The second-order valence-electron chi connectivity index (χ2n) is 5.39. The zero-order valence-electron chi connectivity index (χ0n) is 13.0. The minimum Gasteiger partial charge on any atom is -0.497 e. The molecule has 4 heteroatoms. The van der Waals surface area contributed by atoms with E-state index in [2.05, 4.69) is 41.8 Å². The van der Waals surface area contributed by atoms with Crippen molar-refractivity contribution < 1.29 is 4.74 Å². The summed E-state index contributed by atoms with van der Waals surface area (Å²) < 4.78 is 7.40. The second-order valence-corrected chi connectivity index (χ2v) is 6.37. The van der Waals surface area contributed by atoms with E-state index in [0.29, 0.717) is 0 Å². The molecule has 0 atom stereocenters. The largest absolute Gasteiger partial charge is 0.497 e. The standard InChI is InChI=1S/C19H16N2OS/c1-13-18(15-8-10-16(22-2)11-9-15)23-19-20-17(12-21(13)19)14-6-4-3-5-7-14/h3-12H,1-2H3. The Morgan fingerprint density at radius 2 is 1.70 bits per heavy atom. The quantitative estimate of drug-likeness (QED) is 0.528. The molecule has 0 aliphatic rings. The van der Waals surface area contributed by atoms with Crippen LogP contribution in [0.2, 0.25) is 0 Å². The van der Waals surface area contributed by atoms with E-state index in [9.17, 15) is 0 Å². The summed E-state index contributed by atoms with van der Waals surface area (Å²) in [5.74, 6) is 0.874. The maximum atomic E-state index is 5.23. The molecule has 0 bridgehead atoms. The van der Waals surface area contributed by atoms with Crippen LogP contribution in [0.1, 0.15) is 5.69 Å². The van der Waals surface area contributed by atoms with Gasteiger partial charge in [-0.2, -0.15) is 0 Å². The highest BCUT2D eigenvalue weighted by Gasteiger charge is 2.14. The van der Waals surface area contributed by atoms with Gasteiger partial charge in [0.1, 0.15) is 5.75 Å². The van der Waals surface area contributed by atoms with Crippen molar-refractivity contribution in [1.29, 1.82) is 0 Å².